The van der Waals surface area contributed by atoms with E-state index < -0.39 is 0 Å². The second-order valence-corrected chi connectivity index (χ2v) is 7.34. The summed E-state index contributed by atoms with van der Waals surface area (Å²) in [6.45, 7) is 1.99. The van der Waals surface area contributed by atoms with Gasteiger partial charge in [-0.2, -0.15) is 0 Å². The number of aromatic nitrogens is 2. The summed E-state index contributed by atoms with van der Waals surface area (Å²) in [6.07, 6.45) is 0.786. The molecule has 136 valence electrons. The Morgan fingerprint density at radius 3 is 3.15 bits per heavy atom. The van der Waals surface area contributed by atoms with Gasteiger partial charge in [0.15, 0.2) is 0 Å². The lowest BCUT2D eigenvalue weighted by atomic mass is 10.1. The minimum Gasteiger partial charge on any atom is -0.486 e. The van der Waals surface area contributed by atoms with Crippen LogP contribution in [-0.2, 0) is 22.7 Å². The lowest BCUT2D eigenvalue weighted by Crippen LogP contribution is -2.30. The van der Waals surface area contributed by atoms with Crippen LogP contribution in [0.25, 0.3) is 10.9 Å². The van der Waals surface area contributed by atoms with Gasteiger partial charge < -0.3 is 19.8 Å². The Labute approximate surface area is 159 Å². The summed E-state index contributed by atoms with van der Waals surface area (Å²) in [5, 5.41) is 6.42. The van der Waals surface area contributed by atoms with Crippen LogP contribution in [0.5, 0.6) is 5.75 Å². The average Bonchev–Trinajstić information content (AvgIpc) is 3.38. The number of thiazole rings is 1. The standard InChI is InChI=1S/C18H18ClN3O3S/c19-15-4-12-3-13(6-20-18(23)11-1-2-24-7-11)22-16(12)5-17(15)25-8-14-9-26-10-21-14/h3-5,9-11,22H,1-2,6-8H2,(H,20,23). The molecule has 0 saturated carbocycles. The lowest BCUT2D eigenvalue weighted by Gasteiger charge is -2.08. The van der Waals surface area contributed by atoms with Crippen molar-refractivity contribution >= 4 is 39.7 Å². The molecule has 3 aromatic rings. The molecule has 1 saturated heterocycles. The highest BCUT2D eigenvalue weighted by molar-refractivity contribution is 7.07. The normalized spacial score (nSPS) is 16.9. The van der Waals surface area contributed by atoms with Crippen molar-refractivity contribution in [2.24, 2.45) is 5.92 Å². The van der Waals surface area contributed by atoms with Crippen LogP contribution in [0.1, 0.15) is 17.8 Å². The quantitative estimate of drug-likeness (QED) is 0.674. The zero-order valence-electron chi connectivity index (χ0n) is 14.0. The van der Waals surface area contributed by atoms with E-state index >= 15 is 0 Å². The number of fused-ring (bicyclic) bond motifs is 1. The number of hydrogen-bond donors (Lipinski definition) is 2. The van der Waals surface area contributed by atoms with E-state index in [2.05, 4.69) is 15.3 Å². The van der Waals surface area contributed by atoms with Crippen molar-refractivity contribution in [1.29, 1.82) is 0 Å². The zero-order chi connectivity index (χ0) is 17.9. The number of aromatic amines is 1. The molecule has 0 spiro atoms. The summed E-state index contributed by atoms with van der Waals surface area (Å²) in [5.41, 5.74) is 4.47. The fourth-order valence-electron chi connectivity index (χ4n) is 2.93. The van der Waals surface area contributed by atoms with Crippen molar-refractivity contribution in [3.63, 3.8) is 0 Å². The molecule has 1 amide bonds. The third kappa shape index (κ3) is 3.85. The van der Waals surface area contributed by atoms with Crippen molar-refractivity contribution < 1.29 is 14.3 Å². The van der Waals surface area contributed by atoms with Crippen molar-refractivity contribution in [1.82, 2.24) is 15.3 Å². The molecule has 26 heavy (non-hydrogen) atoms. The summed E-state index contributed by atoms with van der Waals surface area (Å²) in [4.78, 5) is 19.6. The maximum Gasteiger partial charge on any atom is 0.225 e. The summed E-state index contributed by atoms with van der Waals surface area (Å²) in [6, 6.07) is 5.72. The molecule has 6 nitrogen and oxygen atoms in total. The van der Waals surface area contributed by atoms with Gasteiger partial charge in [0.1, 0.15) is 12.4 Å². The second-order valence-electron chi connectivity index (χ2n) is 6.21. The number of ether oxygens (including phenoxy) is 2. The van der Waals surface area contributed by atoms with Gasteiger partial charge in [0.2, 0.25) is 5.91 Å². The van der Waals surface area contributed by atoms with Crippen LogP contribution in [0.15, 0.2) is 29.1 Å². The van der Waals surface area contributed by atoms with Gasteiger partial charge in [-0.25, -0.2) is 4.98 Å². The third-order valence-electron chi connectivity index (χ3n) is 4.34. The molecular weight excluding hydrogens is 374 g/mol. The van der Waals surface area contributed by atoms with Crippen LogP contribution >= 0.6 is 22.9 Å². The predicted molar refractivity (Wildman–Crippen MR) is 101 cm³/mol. The van der Waals surface area contributed by atoms with Gasteiger partial charge in [-0.1, -0.05) is 11.6 Å². The predicted octanol–water partition coefficient (Wildman–Crippen LogP) is 3.51. The summed E-state index contributed by atoms with van der Waals surface area (Å²) < 4.78 is 11.0. The number of nitrogens with zero attached hydrogens (tertiary/aromatic N) is 1. The lowest BCUT2D eigenvalue weighted by molar-refractivity contribution is -0.125. The number of nitrogens with one attached hydrogen (secondary N) is 2. The average molecular weight is 392 g/mol. The van der Waals surface area contributed by atoms with Gasteiger partial charge in [-0.15, -0.1) is 11.3 Å². The number of carbonyl (C=O) groups is 1. The molecule has 1 aliphatic heterocycles. The number of amides is 1. The van der Waals surface area contributed by atoms with Crippen LogP contribution in [0.4, 0.5) is 0 Å². The molecular formula is C18H18ClN3O3S. The van der Waals surface area contributed by atoms with Crippen LogP contribution in [-0.4, -0.2) is 29.1 Å². The smallest absolute Gasteiger partial charge is 0.225 e. The Bertz CT molecular complexity index is 904. The van der Waals surface area contributed by atoms with Gasteiger partial charge in [0.05, 0.1) is 35.3 Å². The molecule has 3 heterocycles. The summed E-state index contributed by atoms with van der Waals surface area (Å²) in [7, 11) is 0. The zero-order valence-corrected chi connectivity index (χ0v) is 15.5. The molecule has 1 aromatic carbocycles. The van der Waals surface area contributed by atoms with Gasteiger partial charge >= 0.3 is 0 Å². The Balaban J connectivity index is 1.43. The van der Waals surface area contributed by atoms with E-state index in [4.69, 9.17) is 21.1 Å². The van der Waals surface area contributed by atoms with E-state index in [-0.39, 0.29) is 11.8 Å². The van der Waals surface area contributed by atoms with Crippen LogP contribution < -0.4 is 10.1 Å². The van der Waals surface area contributed by atoms with E-state index in [1.165, 1.54) is 11.3 Å². The van der Waals surface area contributed by atoms with Gasteiger partial charge in [0, 0.05) is 34.7 Å². The number of benzene rings is 1. The maximum atomic E-state index is 12.1. The van der Waals surface area contributed by atoms with Crippen molar-refractivity contribution in [3.8, 4) is 5.75 Å². The monoisotopic (exact) mass is 391 g/mol. The SMILES string of the molecule is O=C(NCc1cc2cc(Cl)c(OCc3cscn3)cc2[nH]1)C1CCOC1. The molecule has 1 unspecified atom stereocenters. The highest BCUT2D eigenvalue weighted by Crippen LogP contribution is 2.31. The van der Waals surface area contributed by atoms with Crippen molar-refractivity contribution in [3.05, 3.63) is 45.5 Å². The fraction of sp³-hybridized carbons (Fsp3) is 0.333. The molecule has 1 atom stereocenters. The minimum absolute atomic E-state index is 0.0338. The first kappa shape index (κ1) is 17.3. The first-order valence-electron chi connectivity index (χ1n) is 8.35. The minimum atomic E-state index is -0.0421. The van der Waals surface area contributed by atoms with E-state index in [9.17, 15) is 4.79 Å². The van der Waals surface area contributed by atoms with Crippen LogP contribution in [0, 0.1) is 5.92 Å². The molecule has 1 fully saturated rings. The third-order valence-corrected chi connectivity index (χ3v) is 5.27. The Morgan fingerprint density at radius 2 is 2.38 bits per heavy atom. The number of rotatable bonds is 6. The van der Waals surface area contributed by atoms with E-state index in [1.807, 2.05) is 23.6 Å². The molecule has 0 radical (unpaired) electrons. The fourth-order valence-corrected chi connectivity index (χ4v) is 3.70. The number of H-pyrrole nitrogens is 1. The van der Waals surface area contributed by atoms with E-state index in [0.717, 1.165) is 28.7 Å². The summed E-state index contributed by atoms with van der Waals surface area (Å²) in [5.74, 6) is 0.596. The summed E-state index contributed by atoms with van der Waals surface area (Å²) >= 11 is 7.85. The molecule has 2 N–H and O–H groups in total. The molecule has 0 bridgehead atoms. The Hall–Kier alpha value is -2.09. The van der Waals surface area contributed by atoms with Crippen molar-refractivity contribution in [2.75, 3.05) is 13.2 Å². The second kappa shape index (κ2) is 7.65. The van der Waals surface area contributed by atoms with E-state index in [0.29, 0.717) is 37.1 Å². The molecule has 4 rings (SSSR count). The van der Waals surface area contributed by atoms with Crippen LogP contribution in [0.3, 0.4) is 0 Å². The van der Waals surface area contributed by atoms with Gasteiger partial charge in [-0.3, -0.25) is 4.79 Å². The Kier molecular flexibility index (Phi) is 5.10. The largest absolute Gasteiger partial charge is 0.486 e. The molecule has 2 aromatic heterocycles. The van der Waals surface area contributed by atoms with Gasteiger partial charge in [0.25, 0.3) is 0 Å². The van der Waals surface area contributed by atoms with Crippen molar-refractivity contribution in [2.45, 2.75) is 19.6 Å². The van der Waals surface area contributed by atoms with E-state index in [1.54, 1.807) is 5.51 Å². The van der Waals surface area contributed by atoms with Crippen LogP contribution in [0.2, 0.25) is 5.02 Å². The highest BCUT2D eigenvalue weighted by Gasteiger charge is 2.23. The molecule has 0 aliphatic carbocycles. The molecule has 8 heteroatoms. The topological polar surface area (TPSA) is 76.2 Å². The molecule has 1 aliphatic rings. The Morgan fingerprint density at radius 1 is 1.46 bits per heavy atom. The van der Waals surface area contributed by atoms with Gasteiger partial charge in [-0.05, 0) is 18.6 Å². The maximum absolute atomic E-state index is 12.1. The number of halogens is 1. The number of hydrogen-bond acceptors (Lipinski definition) is 5. The first-order valence-corrected chi connectivity index (χ1v) is 9.67. The first-order chi connectivity index (χ1) is 12.7. The highest BCUT2D eigenvalue weighted by atomic mass is 35.5. The number of carbonyl (C=O) groups excluding carboxylic acids is 1.